The summed E-state index contributed by atoms with van der Waals surface area (Å²) >= 11 is 6.11. The van der Waals surface area contributed by atoms with E-state index in [0.717, 1.165) is 29.8 Å². The van der Waals surface area contributed by atoms with Gasteiger partial charge in [0.1, 0.15) is 16.9 Å². The monoisotopic (exact) mass is 395 g/mol. The maximum absolute atomic E-state index is 12.7. The molecule has 1 fully saturated rings. The highest BCUT2D eigenvalue weighted by atomic mass is 35.5. The largest absolute Gasteiger partial charge is 0.397 e. The van der Waals surface area contributed by atoms with Crippen LogP contribution in [0.4, 0.5) is 11.4 Å². The Hall–Kier alpha value is -3.03. The number of pyridine rings is 1. The van der Waals surface area contributed by atoms with E-state index in [1.54, 1.807) is 18.2 Å². The average molecular weight is 396 g/mol. The molecule has 1 aliphatic rings. The zero-order valence-electron chi connectivity index (χ0n) is 15.0. The number of hydrogen-bond acceptors (Lipinski definition) is 5. The first-order valence-corrected chi connectivity index (χ1v) is 9.42. The van der Waals surface area contributed by atoms with E-state index < -0.39 is 0 Å². The van der Waals surface area contributed by atoms with Crippen molar-refractivity contribution < 1.29 is 4.74 Å². The number of halogens is 1. The Morgan fingerprint density at radius 2 is 1.93 bits per heavy atom. The molecule has 0 unspecified atom stereocenters. The molecule has 3 heterocycles. The van der Waals surface area contributed by atoms with E-state index in [2.05, 4.69) is 14.9 Å². The number of fused-ring (bicyclic) bond motifs is 2. The molecule has 0 atom stereocenters. The number of nitrogen functional groups attached to an aromatic ring is 1. The van der Waals surface area contributed by atoms with Crippen LogP contribution < -0.4 is 16.2 Å². The Balaban J connectivity index is 1.71. The van der Waals surface area contributed by atoms with Gasteiger partial charge in [-0.25, -0.2) is 4.98 Å². The fourth-order valence-corrected chi connectivity index (χ4v) is 3.89. The van der Waals surface area contributed by atoms with Crippen molar-refractivity contribution in [3.63, 3.8) is 0 Å². The van der Waals surface area contributed by atoms with Crippen molar-refractivity contribution in [2.24, 2.45) is 0 Å². The zero-order valence-corrected chi connectivity index (χ0v) is 15.7. The molecule has 2 aromatic carbocycles. The van der Waals surface area contributed by atoms with Crippen LogP contribution in [-0.2, 0) is 4.74 Å². The van der Waals surface area contributed by atoms with Gasteiger partial charge in [0.25, 0.3) is 5.56 Å². The third-order valence-corrected chi connectivity index (χ3v) is 5.33. The van der Waals surface area contributed by atoms with Crippen molar-refractivity contribution in [2.45, 2.75) is 0 Å². The molecule has 4 aromatic rings. The third kappa shape index (κ3) is 2.71. The number of nitrogens with zero attached hydrogens (tertiary/aromatic N) is 2. The summed E-state index contributed by atoms with van der Waals surface area (Å²) in [6, 6.07) is 11.2. The molecule has 0 amide bonds. The Bertz CT molecular complexity index is 1260. The number of hydrogen-bond donors (Lipinski definition) is 3. The molecule has 4 N–H and O–H groups in total. The van der Waals surface area contributed by atoms with E-state index in [1.807, 2.05) is 18.2 Å². The van der Waals surface area contributed by atoms with Crippen LogP contribution in [0.25, 0.3) is 33.3 Å². The molecule has 28 heavy (non-hydrogen) atoms. The zero-order chi connectivity index (χ0) is 19.3. The maximum atomic E-state index is 12.7. The number of para-hydroxylation sites is 1. The van der Waals surface area contributed by atoms with Crippen LogP contribution in [0.15, 0.2) is 41.2 Å². The lowest BCUT2D eigenvalue weighted by molar-refractivity contribution is 0.123. The highest BCUT2D eigenvalue weighted by Crippen LogP contribution is 2.32. The van der Waals surface area contributed by atoms with Crippen LogP contribution in [0.1, 0.15) is 0 Å². The first kappa shape index (κ1) is 17.1. The van der Waals surface area contributed by atoms with Crippen molar-refractivity contribution in [3.05, 3.63) is 51.8 Å². The van der Waals surface area contributed by atoms with Gasteiger partial charge in [-0.05, 0) is 30.3 Å². The number of H-pyrrole nitrogens is 2. The average Bonchev–Trinajstić information content (AvgIpc) is 3.13. The van der Waals surface area contributed by atoms with Gasteiger partial charge in [0.15, 0.2) is 0 Å². The lowest BCUT2D eigenvalue weighted by atomic mass is 10.1. The van der Waals surface area contributed by atoms with Crippen LogP contribution in [0, 0.1) is 0 Å². The fourth-order valence-electron chi connectivity index (χ4n) is 3.72. The van der Waals surface area contributed by atoms with Gasteiger partial charge in [0.05, 0.1) is 35.6 Å². The molecule has 2 aromatic heterocycles. The van der Waals surface area contributed by atoms with Gasteiger partial charge >= 0.3 is 0 Å². The summed E-state index contributed by atoms with van der Waals surface area (Å²) in [6.45, 7) is 2.98. The second-order valence-corrected chi connectivity index (χ2v) is 7.23. The highest BCUT2D eigenvalue weighted by molar-refractivity contribution is 6.31. The number of ether oxygens (including phenoxy) is 1. The summed E-state index contributed by atoms with van der Waals surface area (Å²) in [6.07, 6.45) is 0. The Morgan fingerprint density at radius 3 is 2.75 bits per heavy atom. The summed E-state index contributed by atoms with van der Waals surface area (Å²) in [5, 5.41) is 1.24. The summed E-state index contributed by atoms with van der Waals surface area (Å²) in [4.78, 5) is 25.8. The number of nitrogens with one attached hydrogen (secondary N) is 2. The Kier molecular flexibility index (Phi) is 3.99. The molecule has 1 saturated heterocycles. The molecule has 0 aliphatic carbocycles. The van der Waals surface area contributed by atoms with Crippen molar-refractivity contribution in [1.82, 2.24) is 15.0 Å². The first-order valence-electron chi connectivity index (χ1n) is 9.04. The predicted octanol–water partition coefficient (Wildman–Crippen LogP) is 3.14. The lowest BCUT2D eigenvalue weighted by Crippen LogP contribution is -2.36. The topological polar surface area (TPSA) is 100 Å². The minimum atomic E-state index is -0.292. The summed E-state index contributed by atoms with van der Waals surface area (Å²) in [5.74, 6) is 0.441. The van der Waals surface area contributed by atoms with Crippen LogP contribution in [-0.4, -0.2) is 41.3 Å². The van der Waals surface area contributed by atoms with Crippen molar-refractivity contribution >= 4 is 44.9 Å². The molecule has 0 bridgehead atoms. The van der Waals surface area contributed by atoms with Gasteiger partial charge in [-0.15, -0.1) is 0 Å². The third-order valence-electron chi connectivity index (χ3n) is 5.10. The van der Waals surface area contributed by atoms with Gasteiger partial charge in [-0.3, -0.25) is 4.79 Å². The summed E-state index contributed by atoms with van der Waals surface area (Å²) in [7, 11) is 0. The van der Waals surface area contributed by atoms with Crippen LogP contribution in [0.2, 0.25) is 5.02 Å². The highest BCUT2D eigenvalue weighted by Gasteiger charge is 2.20. The maximum Gasteiger partial charge on any atom is 0.261 e. The number of rotatable bonds is 2. The van der Waals surface area contributed by atoms with E-state index in [9.17, 15) is 4.79 Å². The number of morpholine rings is 1. The number of nitrogens with two attached hydrogens (primary N) is 1. The SMILES string of the molecule is Nc1c(-c2nc3c(N4CCOCC4)cccc3[nH]2)c(=O)[nH]c2ccc(Cl)cc12. The molecule has 7 nitrogen and oxygen atoms in total. The second-order valence-electron chi connectivity index (χ2n) is 6.79. The number of aromatic nitrogens is 3. The molecule has 142 valence electrons. The van der Waals surface area contributed by atoms with Crippen molar-refractivity contribution in [3.8, 4) is 11.4 Å². The molecular weight excluding hydrogens is 378 g/mol. The fraction of sp³-hybridized carbons (Fsp3) is 0.200. The molecule has 0 saturated carbocycles. The summed E-state index contributed by atoms with van der Waals surface area (Å²) < 4.78 is 5.45. The van der Waals surface area contributed by atoms with Crippen LogP contribution in [0.3, 0.4) is 0 Å². The smallest absolute Gasteiger partial charge is 0.261 e. The normalized spacial score (nSPS) is 14.8. The Labute approximate surface area is 165 Å². The molecule has 0 radical (unpaired) electrons. The van der Waals surface area contributed by atoms with Crippen molar-refractivity contribution in [1.29, 1.82) is 0 Å². The first-order chi connectivity index (χ1) is 13.6. The second kappa shape index (κ2) is 6.54. The number of imidazole rings is 1. The number of benzene rings is 2. The minimum Gasteiger partial charge on any atom is -0.397 e. The quantitative estimate of drug-likeness (QED) is 0.484. The van der Waals surface area contributed by atoms with Crippen LogP contribution in [0.5, 0.6) is 0 Å². The van der Waals surface area contributed by atoms with E-state index in [-0.39, 0.29) is 5.56 Å². The van der Waals surface area contributed by atoms with Gasteiger partial charge < -0.3 is 25.3 Å². The van der Waals surface area contributed by atoms with Gasteiger partial charge in [0, 0.05) is 23.5 Å². The van der Waals surface area contributed by atoms with Crippen molar-refractivity contribution in [2.75, 3.05) is 36.9 Å². The summed E-state index contributed by atoms with van der Waals surface area (Å²) in [5.41, 5.74) is 10.1. The molecular formula is C20H18ClN5O2. The van der Waals surface area contributed by atoms with E-state index in [1.165, 1.54) is 0 Å². The molecule has 8 heteroatoms. The molecule has 5 rings (SSSR count). The lowest BCUT2D eigenvalue weighted by Gasteiger charge is -2.28. The van der Waals surface area contributed by atoms with Gasteiger partial charge in [-0.2, -0.15) is 0 Å². The number of anilines is 2. The van der Waals surface area contributed by atoms with Gasteiger partial charge in [0.2, 0.25) is 0 Å². The van der Waals surface area contributed by atoms with Crippen LogP contribution >= 0.6 is 11.6 Å². The van der Waals surface area contributed by atoms with Gasteiger partial charge in [-0.1, -0.05) is 17.7 Å². The molecule has 1 aliphatic heterocycles. The Morgan fingerprint density at radius 1 is 1.11 bits per heavy atom. The van der Waals surface area contributed by atoms with E-state index in [0.29, 0.717) is 46.2 Å². The standard InChI is InChI=1S/C20H18ClN5O2/c21-11-4-5-13-12(10-11)17(22)16(20(27)24-13)19-23-14-2-1-3-15(18(14)25-19)26-6-8-28-9-7-26/h1-5,10H,6-9H2,(H,23,25)(H3,22,24,27). The van der Waals surface area contributed by atoms with E-state index in [4.69, 9.17) is 27.1 Å². The molecule has 0 spiro atoms. The minimum absolute atomic E-state index is 0.292. The number of aromatic amines is 2. The predicted molar refractivity (Wildman–Crippen MR) is 112 cm³/mol. The van der Waals surface area contributed by atoms with E-state index >= 15 is 0 Å².